The van der Waals surface area contributed by atoms with Crippen LogP contribution in [0, 0.1) is 6.42 Å². The first-order chi connectivity index (χ1) is 4.34. The molecule has 0 aliphatic carbocycles. The highest BCUT2D eigenvalue weighted by Crippen LogP contribution is 2.08. The minimum atomic E-state index is -0.637. The summed E-state index contributed by atoms with van der Waals surface area (Å²) in [6, 6.07) is 0. The molecule has 1 rings (SSSR count). The Morgan fingerprint density at radius 2 is 2.56 bits per heavy atom. The molecule has 0 aromatic rings. The van der Waals surface area contributed by atoms with Crippen LogP contribution in [-0.2, 0) is 9.63 Å². The van der Waals surface area contributed by atoms with E-state index in [0.29, 0.717) is 0 Å². The topological polar surface area (TPSA) is 51.0 Å². The normalized spacial score (nSPS) is 24.0. The average Bonchev–Trinajstić information content (AvgIpc) is 2.18. The second kappa shape index (κ2) is 2.39. The SMILES string of the molecule is C=C[CH]C1ON=NC1=O. The molecule has 1 amide bonds. The molecule has 1 radical (unpaired) electrons. The number of rotatable bonds is 2. The molecule has 0 spiro atoms. The van der Waals surface area contributed by atoms with Crippen LogP contribution < -0.4 is 0 Å². The van der Waals surface area contributed by atoms with Crippen LogP contribution in [0.2, 0.25) is 0 Å². The lowest BCUT2D eigenvalue weighted by Crippen LogP contribution is -2.14. The standard InChI is InChI=1S/C5H5N2O2/c1-2-3-4-5(8)6-7-9-4/h2-4H,1H2. The van der Waals surface area contributed by atoms with Gasteiger partial charge in [-0.05, 0) is 0 Å². The van der Waals surface area contributed by atoms with E-state index >= 15 is 0 Å². The Hall–Kier alpha value is -1.19. The van der Waals surface area contributed by atoms with Crippen molar-refractivity contribution in [2.45, 2.75) is 6.10 Å². The molecular formula is C5H5N2O2. The van der Waals surface area contributed by atoms with E-state index < -0.39 is 6.10 Å². The van der Waals surface area contributed by atoms with Crippen LogP contribution in [0.1, 0.15) is 0 Å². The fourth-order valence-electron chi connectivity index (χ4n) is 0.458. The molecule has 0 N–H and O–H groups in total. The third-order valence-corrected chi connectivity index (χ3v) is 0.854. The van der Waals surface area contributed by atoms with Crippen molar-refractivity contribution in [1.29, 1.82) is 0 Å². The van der Waals surface area contributed by atoms with Crippen molar-refractivity contribution in [3.63, 3.8) is 0 Å². The van der Waals surface area contributed by atoms with Gasteiger partial charge in [-0.2, -0.15) is 0 Å². The van der Waals surface area contributed by atoms with Gasteiger partial charge in [0.2, 0.25) is 6.10 Å². The van der Waals surface area contributed by atoms with Crippen molar-refractivity contribution in [2.24, 2.45) is 10.4 Å². The van der Waals surface area contributed by atoms with Gasteiger partial charge in [-0.25, -0.2) is 0 Å². The van der Waals surface area contributed by atoms with E-state index in [0.717, 1.165) is 0 Å². The monoisotopic (exact) mass is 125 g/mol. The molecule has 0 aromatic carbocycles. The van der Waals surface area contributed by atoms with Crippen LogP contribution in [0.4, 0.5) is 0 Å². The molecule has 0 aromatic heterocycles. The van der Waals surface area contributed by atoms with E-state index in [1.165, 1.54) is 12.5 Å². The van der Waals surface area contributed by atoms with Gasteiger partial charge in [-0.15, -0.1) is 6.58 Å². The van der Waals surface area contributed by atoms with Gasteiger partial charge >= 0.3 is 5.91 Å². The van der Waals surface area contributed by atoms with Crippen molar-refractivity contribution in [1.82, 2.24) is 0 Å². The summed E-state index contributed by atoms with van der Waals surface area (Å²) in [5, 5.41) is 6.18. The van der Waals surface area contributed by atoms with Crippen molar-refractivity contribution in [2.75, 3.05) is 0 Å². The number of hydrogen-bond donors (Lipinski definition) is 0. The van der Waals surface area contributed by atoms with E-state index in [1.54, 1.807) is 0 Å². The minimum absolute atomic E-state index is 0.380. The van der Waals surface area contributed by atoms with Crippen LogP contribution in [0.5, 0.6) is 0 Å². The van der Waals surface area contributed by atoms with Gasteiger partial charge in [0.15, 0.2) is 0 Å². The highest BCUT2D eigenvalue weighted by atomic mass is 16.7. The lowest BCUT2D eigenvalue weighted by atomic mass is 10.2. The van der Waals surface area contributed by atoms with Crippen LogP contribution in [0.15, 0.2) is 23.0 Å². The average molecular weight is 125 g/mol. The second-order valence-electron chi connectivity index (χ2n) is 1.47. The predicted molar refractivity (Wildman–Crippen MR) is 29.2 cm³/mol. The minimum Gasteiger partial charge on any atom is -0.365 e. The zero-order valence-electron chi connectivity index (χ0n) is 4.65. The van der Waals surface area contributed by atoms with E-state index in [1.807, 2.05) is 0 Å². The first-order valence-corrected chi connectivity index (χ1v) is 2.41. The molecule has 1 atom stereocenters. The molecule has 9 heavy (non-hydrogen) atoms. The van der Waals surface area contributed by atoms with E-state index in [9.17, 15) is 4.79 Å². The smallest absolute Gasteiger partial charge is 0.311 e. The fraction of sp³-hybridized carbons (Fsp3) is 0.200. The predicted octanol–water partition coefficient (Wildman–Crippen LogP) is 0.669. The molecule has 1 aliphatic heterocycles. The van der Waals surface area contributed by atoms with Gasteiger partial charge in [-0.3, -0.25) is 4.79 Å². The summed E-state index contributed by atoms with van der Waals surface area (Å²) in [6.45, 7) is 3.39. The lowest BCUT2D eigenvalue weighted by Gasteiger charge is -1.96. The summed E-state index contributed by atoms with van der Waals surface area (Å²) in [6.07, 6.45) is 2.32. The molecule has 0 saturated heterocycles. The van der Waals surface area contributed by atoms with E-state index in [4.69, 9.17) is 0 Å². The Kier molecular flexibility index (Phi) is 1.58. The number of carbonyl (C=O) groups is 1. The van der Waals surface area contributed by atoms with Crippen LogP contribution in [-0.4, -0.2) is 12.0 Å². The molecule has 4 nitrogen and oxygen atoms in total. The highest BCUT2D eigenvalue weighted by Gasteiger charge is 2.23. The Morgan fingerprint density at radius 1 is 1.78 bits per heavy atom. The molecule has 1 heterocycles. The maximum atomic E-state index is 10.5. The molecule has 4 heteroatoms. The van der Waals surface area contributed by atoms with Gasteiger partial charge in [0, 0.05) is 11.7 Å². The Balaban J connectivity index is 2.45. The second-order valence-corrected chi connectivity index (χ2v) is 1.47. The molecule has 1 aliphatic rings. The summed E-state index contributed by atoms with van der Waals surface area (Å²) in [7, 11) is 0. The zero-order valence-corrected chi connectivity index (χ0v) is 4.65. The number of amides is 1. The molecule has 0 saturated carbocycles. The van der Waals surface area contributed by atoms with Gasteiger partial charge < -0.3 is 4.84 Å². The van der Waals surface area contributed by atoms with Crippen molar-refractivity contribution >= 4 is 5.91 Å². The fourth-order valence-corrected chi connectivity index (χ4v) is 0.458. The third kappa shape index (κ3) is 1.13. The Morgan fingerprint density at radius 3 is 3.00 bits per heavy atom. The quantitative estimate of drug-likeness (QED) is 0.544. The largest absolute Gasteiger partial charge is 0.365 e. The first-order valence-electron chi connectivity index (χ1n) is 2.41. The van der Waals surface area contributed by atoms with Crippen molar-refractivity contribution in [3.8, 4) is 0 Å². The van der Waals surface area contributed by atoms with E-state index in [-0.39, 0.29) is 5.91 Å². The van der Waals surface area contributed by atoms with E-state index in [2.05, 4.69) is 21.8 Å². The molecule has 0 bridgehead atoms. The highest BCUT2D eigenvalue weighted by molar-refractivity contribution is 5.83. The third-order valence-electron chi connectivity index (χ3n) is 0.854. The first kappa shape index (κ1) is 5.94. The van der Waals surface area contributed by atoms with Gasteiger partial charge in [0.1, 0.15) is 0 Å². The number of nitrogens with zero attached hydrogens (tertiary/aromatic N) is 2. The van der Waals surface area contributed by atoms with Gasteiger partial charge in [0.05, 0.1) is 0 Å². The lowest BCUT2D eigenvalue weighted by molar-refractivity contribution is -0.122. The summed E-state index contributed by atoms with van der Waals surface area (Å²) in [5.74, 6) is -0.380. The Bertz CT molecular complexity index is 164. The summed E-state index contributed by atoms with van der Waals surface area (Å²) >= 11 is 0. The number of carbonyl (C=O) groups excluding carboxylic acids is 1. The summed E-state index contributed by atoms with van der Waals surface area (Å²) in [5.41, 5.74) is 0. The van der Waals surface area contributed by atoms with Crippen molar-refractivity contribution < 1.29 is 9.63 Å². The van der Waals surface area contributed by atoms with Crippen LogP contribution in [0.3, 0.4) is 0 Å². The summed E-state index contributed by atoms with van der Waals surface area (Å²) < 4.78 is 0. The molecule has 0 fully saturated rings. The maximum absolute atomic E-state index is 10.5. The Labute approximate surface area is 52.2 Å². The maximum Gasteiger partial charge on any atom is 0.311 e. The zero-order chi connectivity index (χ0) is 6.69. The number of hydrogen-bond acceptors (Lipinski definition) is 3. The van der Waals surface area contributed by atoms with Gasteiger partial charge in [0.25, 0.3) is 0 Å². The molecule has 47 valence electrons. The molecular weight excluding hydrogens is 120 g/mol. The van der Waals surface area contributed by atoms with Crippen LogP contribution in [0.25, 0.3) is 0 Å². The molecule has 1 unspecified atom stereocenters. The van der Waals surface area contributed by atoms with Crippen LogP contribution >= 0.6 is 0 Å². The summed E-state index contributed by atoms with van der Waals surface area (Å²) in [4.78, 5) is 15.0. The van der Waals surface area contributed by atoms with Crippen molar-refractivity contribution in [3.05, 3.63) is 19.1 Å². The van der Waals surface area contributed by atoms with Gasteiger partial charge in [-0.1, -0.05) is 11.2 Å².